The Morgan fingerprint density at radius 1 is 1.17 bits per heavy atom. The summed E-state index contributed by atoms with van der Waals surface area (Å²) in [6.45, 7) is 2.49. The zero-order valence-corrected chi connectivity index (χ0v) is 19.6. The number of para-hydroxylation sites is 1. The van der Waals surface area contributed by atoms with Gasteiger partial charge in [0.1, 0.15) is 5.82 Å². The number of rotatable bonds is 5. The molecule has 0 aliphatic carbocycles. The summed E-state index contributed by atoms with van der Waals surface area (Å²) in [6.07, 6.45) is 4.12. The Hall–Kier alpha value is -3.59. The minimum atomic E-state index is -0.538. The van der Waals surface area contributed by atoms with Crippen LogP contribution in [0.3, 0.4) is 0 Å². The largest absolute Gasteiger partial charge is 0.320 e. The van der Waals surface area contributed by atoms with Gasteiger partial charge < -0.3 is 5.32 Å². The van der Waals surface area contributed by atoms with Gasteiger partial charge in [0.2, 0.25) is 11.8 Å². The third kappa shape index (κ3) is 4.68. The maximum atomic E-state index is 14.8. The van der Waals surface area contributed by atoms with E-state index < -0.39 is 11.8 Å². The smallest absolute Gasteiger partial charge is 0.255 e. The van der Waals surface area contributed by atoms with Crippen LogP contribution in [0.1, 0.15) is 59.6 Å². The molecule has 0 bridgehead atoms. The van der Waals surface area contributed by atoms with Crippen LogP contribution in [0.15, 0.2) is 36.4 Å². The van der Waals surface area contributed by atoms with Crippen molar-refractivity contribution in [1.82, 2.24) is 20.0 Å². The average Bonchev–Trinajstić information content (AvgIpc) is 3.18. The molecule has 8 nitrogen and oxygen atoms in total. The standard InChI is InChI=1S/C26H28FN5O3/c1-31-24-18(23(30-31)19-10-11-22(33)29-26(19)35)6-5-7-21(24)28-25(34)16-8-9-17(20(27)14-16)15-32-12-3-2-4-13-32/h5-9,14,19H,2-4,10-13,15H2,1H3,(H,28,34)(H,29,33,35). The predicted molar refractivity (Wildman–Crippen MR) is 129 cm³/mol. The van der Waals surface area contributed by atoms with Crippen LogP contribution in [0, 0.1) is 5.82 Å². The topological polar surface area (TPSA) is 96.3 Å². The number of carbonyl (C=O) groups is 3. The first-order chi connectivity index (χ1) is 16.9. The van der Waals surface area contributed by atoms with Gasteiger partial charge >= 0.3 is 0 Å². The maximum Gasteiger partial charge on any atom is 0.255 e. The third-order valence-electron chi connectivity index (χ3n) is 6.87. The number of amides is 3. The van der Waals surface area contributed by atoms with Gasteiger partial charge in [-0.3, -0.25) is 29.3 Å². The molecule has 0 radical (unpaired) electrons. The fourth-order valence-corrected chi connectivity index (χ4v) is 5.05. The van der Waals surface area contributed by atoms with Gasteiger partial charge in [0.05, 0.1) is 22.8 Å². The lowest BCUT2D eigenvalue weighted by Crippen LogP contribution is -2.39. The number of hydrogen-bond donors (Lipinski definition) is 2. The minimum absolute atomic E-state index is 0.231. The van der Waals surface area contributed by atoms with Crippen molar-refractivity contribution in [3.05, 3.63) is 59.0 Å². The number of fused-ring (bicyclic) bond motifs is 1. The average molecular weight is 478 g/mol. The molecule has 182 valence electrons. The summed E-state index contributed by atoms with van der Waals surface area (Å²) in [4.78, 5) is 39.2. The summed E-state index contributed by atoms with van der Waals surface area (Å²) in [5.41, 5.74) is 2.55. The summed E-state index contributed by atoms with van der Waals surface area (Å²) < 4.78 is 16.4. The molecular formula is C26H28FN5O3. The molecule has 3 heterocycles. The highest BCUT2D eigenvalue weighted by molar-refractivity contribution is 6.09. The lowest BCUT2D eigenvalue weighted by molar-refractivity contribution is -0.134. The van der Waals surface area contributed by atoms with E-state index in [2.05, 4.69) is 20.6 Å². The van der Waals surface area contributed by atoms with Gasteiger partial charge in [-0.25, -0.2) is 4.39 Å². The molecule has 35 heavy (non-hydrogen) atoms. The second kappa shape index (κ2) is 9.58. The number of likely N-dealkylation sites (tertiary alicyclic amines) is 1. The van der Waals surface area contributed by atoms with Crippen LogP contribution in [0.2, 0.25) is 0 Å². The van der Waals surface area contributed by atoms with Gasteiger partial charge in [-0.1, -0.05) is 24.6 Å². The molecule has 3 amide bonds. The highest BCUT2D eigenvalue weighted by Gasteiger charge is 2.32. The van der Waals surface area contributed by atoms with Crippen molar-refractivity contribution in [3.8, 4) is 0 Å². The number of anilines is 1. The first-order valence-electron chi connectivity index (χ1n) is 12.0. The van der Waals surface area contributed by atoms with E-state index in [1.54, 1.807) is 36.0 Å². The molecule has 2 N–H and O–H groups in total. The molecule has 2 fully saturated rings. The Labute approximate surface area is 202 Å². The van der Waals surface area contributed by atoms with Crippen LogP contribution in [-0.4, -0.2) is 45.5 Å². The Morgan fingerprint density at radius 2 is 1.97 bits per heavy atom. The van der Waals surface area contributed by atoms with E-state index in [4.69, 9.17) is 0 Å². The van der Waals surface area contributed by atoms with Crippen molar-refractivity contribution < 1.29 is 18.8 Å². The number of hydrogen-bond acceptors (Lipinski definition) is 5. The van der Waals surface area contributed by atoms with Crippen LogP contribution in [0.5, 0.6) is 0 Å². The van der Waals surface area contributed by atoms with Crippen molar-refractivity contribution >= 4 is 34.3 Å². The number of nitrogens with zero attached hydrogens (tertiary/aromatic N) is 3. The normalized spacial score (nSPS) is 19.1. The van der Waals surface area contributed by atoms with Crippen molar-refractivity contribution in [2.75, 3.05) is 18.4 Å². The number of halogens is 1. The highest BCUT2D eigenvalue weighted by Crippen LogP contribution is 2.33. The Balaban J connectivity index is 1.37. The fourth-order valence-electron chi connectivity index (χ4n) is 5.05. The van der Waals surface area contributed by atoms with E-state index in [0.717, 1.165) is 31.3 Å². The molecule has 2 aliphatic heterocycles. The quantitative estimate of drug-likeness (QED) is 0.549. The molecule has 3 aromatic rings. The summed E-state index contributed by atoms with van der Waals surface area (Å²) in [6, 6.07) is 9.98. The number of nitrogens with one attached hydrogen (secondary N) is 2. The second-order valence-corrected chi connectivity index (χ2v) is 9.31. The first-order valence-corrected chi connectivity index (χ1v) is 12.0. The van der Waals surface area contributed by atoms with Crippen molar-refractivity contribution in [3.63, 3.8) is 0 Å². The van der Waals surface area contributed by atoms with Gasteiger partial charge in [0, 0.05) is 36.5 Å². The molecule has 9 heteroatoms. The van der Waals surface area contributed by atoms with Crippen molar-refractivity contribution in [2.24, 2.45) is 7.05 Å². The monoisotopic (exact) mass is 477 g/mol. The van der Waals surface area contributed by atoms with E-state index in [9.17, 15) is 18.8 Å². The number of aromatic nitrogens is 2. The van der Waals surface area contributed by atoms with E-state index in [-0.39, 0.29) is 29.6 Å². The number of aryl methyl sites for hydroxylation is 1. The van der Waals surface area contributed by atoms with E-state index in [1.165, 1.54) is 12.5 Å². The summed E-state index contributed by atoms with van der Waals surface area (Å²) in [7, 11) is 1.74. The van der Waals surface area contributed by atoms with Crippen LogP contribution in [0.4, 0.5) is 10.1 Å². The van der Waals surface area contributed by atoms with E-state index in [1.807, 2.05) is 6.07 Å². The summed E-state index contributed by atoms with van der Waals surface area (Å²) in [5.74, 6) is -2.00. The Bertz CT molecular complexity index is 1310. The van der Waals surface area contributed by atoms with Gasteiger partial charge in [-0.05, 0) is 50.6 Å². The van der Waals surface area contributed by atoms with Gasteiger partial charge in [-0.2, -0.15) is 5.10 Å². The number of carbonyl (C=O) groups excluding carboxylic acids is 3. The van der Waals surface area contributed by atoms with Crippen LogP contribution in [0.25, 0.3) is 10.9 Å². The number of benzene rings is 2. The lowest BCUT2D eigenvalue weighted by Gasteiger charge is -2.26. The van der Waals surface area contributed by atoms with Crippen LogP contribution >= 0.6 is 0 Å². The minimum Gasteiger partial charge on any atom is -0.320 e. The molecule has 2 saturated heterocycles. The molecule has 1 aromatic heterocycles. The molecule has 2 aliphatic rings. The van der Waals surface area contributed by atoms with Gasteiger partial charge in [0.25, 0.3) is 5.91 Å². The zero-order valence-electron chi connectivity index (χ0n) is 19.6. The second-order valence-electron chi connectivity index (χ2n) is 9.31. The molecule has 1 atom stereocenters. The molecule has 1 unspecified atom stereocenters. The molecule has 2 aromatic carbocycles. The van der Waals surface area contributed by atoms with Gasteiger partial charge in [-0.15, -0.1) is 0 Å². The molecular weight excluding hydrogens is 449 g/mol. The Kier molecular flexibility index (Phi) is 6.34. The highest BCUT2D eigenvalue weighted by atomic mass is 19.1. The first kappa shape index (κ1) is 23.2. The molecule has 0 spiro atoms. The summed E-state index contributed by atoms with van der Waals surface area (Å²) in [5, 5.41) is 10.5. The van der Waals surface area contributed by atoms with Crippen LogP contribution in [-0.2, 0) is 23.2 Å². The van der Waals surface area contributed by atoms with E-state index >= 15 is 0 Å². The Morgan fingerprint density at radius 3 is 2.71 bits per heavy atom. The fraction of sp³-hybridized carbons (Fsp3) is 0.385. The van der Waals surface area contributed by atoms with Crippen molar-refractivity contribution in [2.45, 2.75) is 44.6 Å². The SMILES string of the molecule is Cn1nc(C2CCC(=O)NC2=O)c2cccc(NC(=O)c3ccc(CN4CCCCC4)c(F)c3)c21. The lowest BCUT2D eigenvalue weighted by atomic mass is 9.92. The predicted octanol–water partition coefficient (Wildman–Crippen LogP) is 3.47. The van der Waals surface area contributed by atoms with Crippen molar-refractivity contribution in [1.29, 1.82) is 0 Å². The van der Waals surface area contributed by atoms with Crippen LogP contribution < -0.4 is 10.6 Å². The molecule has 0 saturated carbocycles. The number of imide groups is 1. The molecule has 5 rings (SSSR count). The van der Waals surface area contributed by atoms with E-state index in [0.29, 0.717) is 35.4 Å². The summed E-state index contributed by atoms with van der Waals surface area (Å²) >= 11 is 0. The van der Waals surface area contributed by atoms with Gasteiger partial charge in [0.15, 0.2) is 0 Å². The zero-order chi connectivity index (χ0) is 24.5. The number of piperidine rings is 2. The maximum absolute atomic E-state index is 14.8. The third-order valence-corrected chi connectivity index (χ3v) is 6.87.